The van der Waals surface area contributed by atoms with Crippen molar-refractivity contribution in [3.63, 3.8) is 0 Å². The number of hydrogen-bond acceptors (Lipinski definition) is 3. The minimum atomic E-state index is 0.166. The molecule has 0 aromatic carbocycles. The van der Waals surface area contributed by atoms with E-state index in [1.807, 2.05) is 11.8 Å². The first-order valence-electron chi connectivity index (χ1n) is 6.61. The second-order valence-corrected chi connectivity index (χ2v) is 5.27. The third-order valence-electron chi connectivity index (χ3n) is 2.45. The molecule has 0 heterocycles. The molecule has 0 saturated heterocycles. The number of carbonyl (C=O) groups excluding carboxylic acids is 1. The van der Waals surface area contributed by atoms with E-state index >= 15 is 0 Å². The van der Waals surface area contributed by atoms with E-state index < -0.39 is 0 Å². The van der Waals surface area contributed by atoms with Gasteiger partial charge in [-0.3, -0.25) is 4.79 Å². The first kappa shape index (κ1) is 17.3. The zero-order chi connectivity index (χ0) is 14.0. The fourth-order valence-electron chi connectivity index (χ4n) is 1.63. The van der Waals surface area contributed by atoms with Gasteiger partial charge in [-0.05, 0) is 19.3 Å². The molecule has 0 aromatic rings. The largest absolute Gasteiger partial charge is 0.393 e. The average molecular weight is 274 g/mol. The maximum Gasteiger partial charge on any atom is 0.222 e. The van der Waals surface area contributed by atoms with Gasteiger partial charge in [0.05, 0.1) is 4.99 Å². The normalized spacial score (nSPS) is 10.7. The summed E-state index contributed by atoms with van der Waals surface area (Å²) >= 11 is 4.86. The number of amides is 1. The Kier molecular flexibility index (Phi) is 9.87. The molecule has 0 bridgehead atoms. The monoisotopic (exact) mass is 274 g/mol. The van der Waals surface area contributed by atoms with Crippen LogP contribution in [-0.4, -0.2) is 42.1 Å². The summed E-state index contributed by atoms with van der Waals surface area (Å²) in [6.45, 7) is 8.88. The minimum absolute atomic E-state index is 0.166. The predicted octanol–water partition coefficient (Wildman–Crippen LogP) is 1.96. The van der Waals surface area contributed by atoms with Gasteiger partial charge in [0.1, 0.15) is 0 Å². The number of hydrogen-bond donors (Lipinski definition) is 1. The maximum atomic E-state index is 12.0. The van der Waals surface area contributed by atoms with E-state index in [0.717, 1.165) is 13.0 Å². The lowest BCUT2D eigenvalue weighted by Crippen LogP contribution is -2.36. The van der Waals surface area contributed by atoms with Gasteiger partial charge in [0, 0.05) is 39.1 Å². The highest BCUT2D eigenvalue weighted by Gasteiger charge is 2.14. The van der Waals surface area contributed by atoms with Crippen molar-refractivity contribution in [2.45, 2.75) is 40.0 Å². The van der Waals surface area contributed by atoms with Gasteiger partial charge in [-0.1, -0.05) is 26.1 Å². The second kappa shape index (κ2) is 10.3. The van der Waals surface area contributed by atoms with Crippen molar-refractivity contribution in [3.8, 4) is 0 Å². The molecule has 18 heavy (non-hydrogen) atoms. The van der Waals surface area contributed by atoms with Gasteiger partial charge in [0.2, 0.25) is 5.91 Å². The summed E-state index contributed by atoms with van der Waals surface area (Å²) < 4.78 is 5.23. The molecule has 0 rings (SSSR count). The molecule has 5 heteroatoms. The Labute approximate surface area is 116 Å². The molecule has 0 radical (unpaired) electrons. The Morgan fingerprint density at radius 1 is 1.39 bits per heavy atom. The van der Waals surface area contributed by atoms with Crippen LogP contribution in [-0.2, 0) is 9.53 Å². The van der Waals surface area contributed by atoms with Crippen LogP contribution in [0.3, 0.4) is 0 Å². The summed E-state index contributed by atoms with van der Waals surface area (Å²) in [5.74, 6) is 0.617. The number of ether oxygens (including phenoxy) is 1. The van der Waals surface area contributed by atoms with Crippen molar-refractivity contribution in [1.82, 2.24) is 4.90 Å². The van der Waals surface area contributed by atoms with Crippen molar-refractivity contribution in [2.24, 2.45) is 11.7 Å². The third kappa shape index (κ3) is 9.36. The van der Waals surface area contributed by atoms with Crippen LogP contribution in [0, 0.1) is 5.92 Å². The van der Waals surface area contributed by atoms with Gasteiger partial charge in [-0.25, -0.2) is 0 Å². The van der Waals surface area contributed by atoms with Crippen LogP contribution in [0.5, 0.6) is 0 Å². The molecule has 0 aliphatic carbocycles. The topological polar surface area (TPSA) is 55.6 Å². The van der Waals surface area contributed by atoms with Gasteiger partial charge in [-0.2, -0.15) is 0 Å². The Hall–Kier alpha value is -0.680. The highest BCUT2D eigenvalue weighted by Crippen LogP contribution is 2.05. The Balaban J connectivity index is 4.09. The van der Waals surface area contributed by atoms with Crippen molar-refractivity contribution >= 4 is 23.1 Å². The lowest BCUT2D eigenvalue weighted by molar-refractivity contribution is -0.132. The Morgan fingerprint density at radius 3 is 2.56 bits per heavy atom. The average Bonchev–Trinajstić information content (AvgIpc) is 2.29. The van der Waals surface area contributed by atoms with Gasteiger partial charge in [0.25, 0.3) is 0 Å². The third-order valence-corrected chi connectivity index (χ3v) is 2.65. The number of carbonyl (C=O) groups is 1. The molecule has 106 valence electrons. The van der Waals surface area contributed by atoms with Gasteiger partial charge in [-0.15, -0.1) is 0 Å². The van der Waals surface area contributed by atoms with E-state index in [9.17, 15) is 4.79 Å². The molecule has 0 atom stereocenters. The van der Waals surface area contributed by atoms with Crippen LogP contribution in [0.2, 0.25) is 0 Å². The molecule has 0 aliphatic heterocycles. The van der Waals surface area contributed by atoms with E-state index in [2.05, 4.69) is 13.8 Å². The molecule has 1 amide bonds. The van der Waals surface area contributed by atoms with Gasteiger partial charge in [0.15, 0.2) is 0 Å². The lowest BCUT2D eigenvalue weighted by atomic mass is 10.2. The minimum Gasteiger partial charge on any atom is -0.393 e. The van der Waals surface area contributed by atoms with Crippen molar-refractivity contribution in [3.05, 3.63) is 0 Å². The molecule has 2 N–H and O–H groups in total. The molecule has 0 fully saturated rings. The van der Waals surface area contributed by atoms with Crippen LogP contribution >= 0.6 is 12.2 Å². The van der Waals surface area contributed by atoms with E-state index in [0.29, 0.717) is 43.5 Å². The zero-order valence-electron chi connectivity index (χ0n) is 11.8. The lowest BCUT2D eigenvalue weighted by Gasteiger charge is -2.24. The molecule has 0 aromatic heterocycles. The van der Waals surface area contributed by atoms with Gasteiger partial charge >= 0.3 is 0 Å². The highest BCUT2D eigenvalue weighted by atomic mass is 32.1. The van der Waals surface area contributed by atoms with Crippen molar-refractivity contribution in [1.29, 1.82) is 0 Å². The summed E-state index contributed by atoms with van der Waals surface area (Å²) in [5.41, 5.74) is 5.48. The fourth-order valence-corrected chi connectivity index (χ4v) is 1.72. The quantitative estimate of drug-likeness (QED) is 0.489. The van der Waals surface area contributed by atoms with Crippen LogP contribution in [0.15, 0.2) is 0 Å². The van der Waals surface area contributed by atoms with E-state index in [1.54, 1.807) is 0 Å². The molecule has 4 nitrogen and oxygen atoms in total. The SMILES string of the molecule is CCOCCCC(=O)N(CCC(N)=S)CC(C)C. The number of nitrogens with two attached hydrogens (primary N) is 1. The van der Waals surface area contributed by atoms with Crippen LogP contribution < -0.4 is 5.73 Å². The predicted molar refractivity (Wildman–Crippen MR) is 78.5 cm³/mol. The van der Waals surface area contributed by atoms with Crippen LogP contribution in [0.25, 0.3) is 0 Å². The summed E-state index contributed by atoms with van der Waals surface area (Å²) in [6, 6.07) is 0. The highest BCUT2D eigenvalue weighted by molar-refractivity contribution is 7.80. The summed E-state index contributed by atoms with van der Waals surface area (Å²) in [7, 11) is 0. The van der Waals surface area contributed by atoms with Gasteiger partial charge < -0.3 is 15.4 Å². The number of nitrogens with zero attached hydrogens (tertiary/aromatic N) is 1. The molecule has 0 saturated carbocycles. The van der Waals surface area contributed by atoms with Crippen molar-refractivity contribution < 1.29 is 9.53 Å². The molecular formula is C13H26N2O2S. The molecule has 0 aliphatic rings. The summed E-state index contributed by atoms with van der Waals surface area (Å²) in [4.78, 5) is 14.4. The summed E-state index contributed by atoms with van der Waals surface area (Å²) in [5, 5.41) is 0. The molecule has 0 unspecified atom stereocenters. The van der Waals surface area contributed by atoms with Crippen molar-refractivity contribution in [2.75, 3.05) is 26.3 Å². The summed E-state index contributed by atoms with van der Waals surface area (Å²) in [6.07, 6.45) is 1.90. The first-order valence-corrected chi connectivity index (χ1v) is 7.02. The Bertz CT molecular complexity index is 257. The van der Waals surface area contributed by atoms with E-state index in [1.165, 1.54) is 0 Å². The molecular weight excluding hydrogens is 248 g/mol. The molecule has 0 spiro atoms. The number of rotatable bonds is 10. The second-order valence-electron chi connectivity index (χ2n) is 4.75. The van der Waals surface area contributed by atoms with Crippen LogP contribution in [0.4, 0.5) is 0 Å². The fraction of sp³-hybridized carbons (Fsp3) is 0.846. The maximum absolute atomic E-state index is 12.0. The van der Waals surface area contributed by atoms with E-state index in [-0.39, 0.29) is 5.91 Å². The smallest absolute Gasteiger partial charge is 0.222 e. The zero-order valence-corrected chi connectivity index (χ0v) is 12.6. The number of thiocarbonyl (C=S) groups is 1. The van der Waals surface area contributed by atoms with Crippen LogP contribution in [0.1, 0.15) is 40.0 Å². The van der Waals surface area contributed by atoms with E-state index in [4.69, 9.17) is 22.7 Å². The first-order chi connectivity index (χ1) is 8.47. The Morgan fingerprint density at radius 2 is 2.06 bits per heavy atom. The standard InChI is InChI=1S/C13H26N2O2S/c1-4-17-9-5-6-13(16)15(10-11(2)3)8-7-12(14)18/h11H,4-10H2,1-3H3,(H2,14,18).